The van der Waals surface area contributed by atoms with Gasteiger partial charge in [0, 0.05) is 6.54 Å². The minimum atomic E-state index is -0.979. The van der Waals surface area contributed by atoms with Gasteiger partial charge in [-0.2, -0.15) is 0 Å². The Bertz CT molecular complexity index is 233. The van der Waals surface area contributed by atoms with Gasteiger partial charge in [-0.05, 0) is 27.2 Å². The fourth-order valence-electron chi connectivity index (χ4n) is 1.48. The molecule has 0 aliphatic heterocycles. The largest absolute Gasteiger partial charge is 0.480 e. The predicted octanol–water partition coefficient (Wildman–Crippen LogP) is 1.01. The van der Waals surface area contributed by atoms with Gasteiger partial charge in [0.05, 0.1) is 18.8 Å². The highest BCUT2D eigenvalue weighted by molar-refractivity contribution is 5.78. The summed E-state index contributed by atoms with van der Waals surface area (Å²) < 4.78 is 5.25. The SMILES string of the molecule is CCCC(C)(NCC(O)COC(C)C)C(=O)O. The number of aliphatic hydroxyl groups excluding tert-OH is 1. The van der Waals surface area contributed by atoms with Crippen LogP contribution in [-0.4, -0.2) is 47.1 Å². The maximum Gasteiger partial charge on any atom is 0.323 e. The van der Waals surface area contributed by atoms with Gasteiger partial charge >= 0.3 is 5.97 Å². The van der Waals surface area contributed by atoms with Crippen molar-refractivity contribution in [3.63, 3.8) is 0 Å². The second-order valence-corrected chi connectivity index (χ2v) is 4.80. The molecule has 2 atom stereocenters. The van der Waals surface area contributed by atoms with E-state index in [0.717, 1.165) is 6.42 Å². The monoisotopic (exact) mass is 247 g/mol. The van der Waals surface area contributed by atoms with Gasteiger partial charge in [-0.3, -0.25) is 10.1 Å². The molecule has 5 heteroatoms. The van der Waals surface area contributed by atoms with E-state index < -0.39 is 17.6 Å². The summed E-state index contributed by atoms with van der Waals surface area (Å²) in [5.41, 5.74) is -0.979. The Morgan fingerprint density at radius 3 is 2.47 bits per heavy atom. The lowest BCUT2D eigenvalue weighted by Crippen LogP contribution is -2.52. The van der Waals surface area contributed by atoms with Crippen molar-refractivity contribution in [2.24, 2.45) is 0 Å². The average molecular weight is 247 g/mol. The molecule has 5 nitrogen and oxygen atoms in total. The summed E-state index contributed by atoms with van der Waals surface area (Å²) in [5, 5.41) is 21.6. The van der Waals surface area contributed by atoms with Crippen LogP contribution in [0.4, 0.5) is 0 Å². The van der Waals surface area contributed by atoms with E-state index in [4.69, 9.17) is 9.84 Å². The number of nitrogens with one attached hydrogen (secondary N) is 1. The lowest BCUT2D eigenvalue weighted by Gasteiger charge is -2.27. The number of β-amino-alcohol motifs (C(OH)–C–C–N with tert-alkyl or cyclic N) is 1. The minimum Gasteiger partial charge on any atom is -0.480 e. The number of ether oxygens (including phenoxy) is 1. The molecule has 0 radical (unpaired) electrons. The summed E-state index contributed by atoms with van der Waals surface area (Å²) in [6.07, 6.45) is 0.674. The van der Waals surface area contributed by atoms with Crippen LogP contribution in [0.1, 0.15) is 40.5 Å². The molecule has 0 aromatic heterocycles. The maximum atomic E-state index is 11.1. The number of carboxylic acid groups (broad SMARTS) is 1. The Balaban J connectivity index is 4.08. The number of aliphatic hydroxyl groups is 1. The number of carbonyl (C=O) groups is 1. The molecular weight excluding hydrogens is 222 g/mol. The molecular formula is C12H25NO4. The molecule has 0 saturated heterocycles. The number of carboxylic acids is 1. The molecule has 0 aliphatic rings. The van der Waals surface area contributed by atoms with Gasteiger partial charge in [0.1, 0.15) is 5.54 Å². The van der Waals surface area contributed by atoms with Crippen molar-refractivity contribution in [1.82, 2.24) is 5.32 Å². The molecule has 0 aromatic rings. The molecule has 0 spiro atoms. The van der Waals surface area contributed by atoms with Gasteiger partial charge in [0.2, 0.25) is 0 Å². The zero-order valence-electron chi connectivity index (χ0n) is 11.2. The lowest BCUT2D eigenvalue weighted by molar-refractivity contribution is -0.144. The van der Waals surface area contributed by atoms with E-state index in [9.17, 15) is 9.90 Å². The smallest absolute Gasteiger partial charge is 0.323 e. The summed E-state index contributed by atoms with van der Waals surface area (Å²) in [7, 11) is 0. The van der Waals surface area contributed by atoms with Crippen LogP contribution in [0.5, 0.6) is 0 Å². The van der Waals surface area contributed by atoms with Crippen molar-refractivity contribution in [3.05, 3.63) is 0 Å². The summed E-state index contributed by atoms with van der Waals surface area (Å²) >= 11 is 0. The van der Waals surface area contributed by atoms with Crippen molar-refractivity contribution >= 4 is 5.97 Å². The van der Waals surface area contributed by atoms with Crippen LogP contribution in [-0.2, 0) is 9.53 Å². The first-order valence-electron chi connectivity index (χ1n) is 6.10. The molecule has 2 unspecified atom stereocenters. The molecule has 0 saturated carbocycles. The molecule has 102 valence electrons. The highest BCUT2D eigenvalue weighted by Gasteiger charge is 2.31. The van der Waals surface area contributed by atoms with Crippen molar-refractivity contribution in [2.75, 3.05) is 13.2 Å². The van der Waals surface area contributed by atoms with E-state index in [2.05, 4.69) is 5.32 Å². The standard InChI is InChI=1S/C12H25NO4/c1-5-6-12(4,11(15)16)13-7-10(14)8-17-9(2)3/h9-10,13-14H,5-8H2,1-4H3,(H,15,16). The Morgan fingerprint density at radius 2 is 2.06 bits per heavy atom. The third-order valence-corrected chi connectivity index (χ3v) is 2.57. The third-order valence-electron chi connectivity index (χ3n) is 2.57. The zero-order valence-corrected chi connectivity index (χ0v) is 11.2. The molecule has 0 fully saturated rings. The molecule has 0 amide bonds. The van der Waals surface area contributed by atoms with Gasteiger partial charge in [-0.25, -0.2) is 0 Å². The van der Waals surface area contributed by atoms with Gasteiger partial charge in [-0.15, -0.1) is 0 Å². The minimum absolute atomic E-state index is 0.0612. The molecule has 0 bridgehead atoms. The highest BCUT2D eigenvalue weighted by Crippen LogP contribution is 2.12. The number of hydrogen-bond acceptors (Lipinski definition) is 4. The first-order chi connectivity index (χ1) is 7.81. The number of hydrogen-bond donors (Lipinski definition) is 3. The third kappa shape index (κ3) is 6.61. The second-order valence-electron chi connectivity index (χ2n) is 4.80. The van der Waals surface area contributed by atoms with Crippen LogP contribution in [0, 0.1) is 0 Å². The fraction of sp³-hybridized carbons (Fsp3) is 0.917. The Labute approximate surface area is 103 Å². The van der Waals surface area contributed by atoms with Crippen molar-refractivity contribution in [3.8, 4) is 0 Å². The van der Waals surface area contributed by atoms with Crippen LogP contribution < -0.4 is 5.32 Å². The lowest BCUT2D eigenvalue weighted by atomic mass is 9.96. The number of rotatable bonds is 9. The zero-order chi connectivity index (χ0) is 13.5. The Kier molecular flexibility index (Phi) is 7.34. The summed E-state index contributed by atoms with van der Waals surface area (Å²) in [5.74, 6) is -0.892. The first-order valence-corrected chi connectivity index (χ1v) is 6.10. The molecule has 0 rings (SSSR count). The summed E-state index contributed by atoms with van der Waals surface area (Å²) in [4.78, 5) is 11.1. The molecule has 3 N–H and O–H groups in total. The summed E-state index contributed by atoms with van der Waals surface area (Å²) in [6.45, 7) is 7.77. The molecule has 0 aromatic carbocycles. The fourth-order valence-corrected chi connectivity index (χ4v) is 1.48. The van der Waals surface area contributed by atoms with E-state index in [0.29, 0.717) is 6.42 Å². The van der Waals surface area contributed by atoms with Gasteiger partial charge < -0.3 is 14.9 Å². The maximum absolute atomic E-state index is 11.1. The van der Waals surface area contributed by atoms with Crippen molar-refractivity contribution < 1.29 is 19.7 Å². The topological polar surface area (TPSA) is 78.8 Å². The predicted molar refractivity (Wildman–Crippen MR) is 66.0 cm³/mol. The Hall–Kier alpha value is -0.650. The highest BCUT2D eigenvalue weighted by atomic mass is 16.5. The van der Waals surface area contributed by atoms with E-state index >= 15 is 0 Å². The first kappa shape index (κ1) is 16.4. The molecule has 0 heterocycles. The number of aliphatic carboxylic acids is 1. The van der Waals surface area contributed by atoms with E-state index in [1.165, 1.54) is 0 Å². The second kappa shape index (κ2) is 7.63. The van der Waals surface area contributed by atoms with Crippen molar-refractivity contribution in [1.29, 1.82) is 0 Å². The van der Waals surface area contributed by atoms with Crippen LogP contribution in [0.25, 0.3) is 0 Å². The Morgan fingerprint density at radius 1 is 1.47 bits per heavy atom. The van der Waals surface area contributed by atoms with Crippen molar-refractivity contribution in [2.45, 2.75) is 58.3 Å². The van der Waals surface area contributed by atoms with Crippen LogP contribution in [0.3, 0.4) is 0 Å². The summed E-state index contributed by atoms with van der Waals surface area (Å²) in [6, 6.07) is 0. The normalized spacial score (nSPS) is 16.8. The van der Waals surface area contributed by atoms with E-state index in [1.54, 1.807) is 6.92 Å². The van der Waals surface area contributed by atoms with Crippen LogP contribution in [0.15, 0.2) is 0 Å². The van der Waals surface area contributed by atoms with Gasteiger partial charge in [0.15, 0.2) is 0 Å². The van der Waals surface area contributed by atoms with Gasteiger partial charge in [0.25, 0.3) is 0 Å². The van der Waals surface area contributed by atoms with E-state index in [-0.39, 0.29) is 19.3 Å². The molecule has 17 heavy (non-hydrogen) atoms. The van der Waals surface area contributed by atoms with Crippen LogP contribution >= 0.6 is 0 Å². The van der Waals surface area contributed by atoms with Crippen LogP contribution in [0.2, 0.25) is 0 Å². The van der Waals surface area contributed by atoms with Gasteiger partial charge in [-0.1, -0.05) is 13.3 Å². The quantitative estimate of drug-likeness (QED) is 0.566. The molecule has 0 aliphatic carbocycles. The average Bonchev–Trinajstić information content (AvgIpc) is 2.23. The van der Waals surface area contributed by atoms with E-state index in [1.807, 2.05) is 20.8 Å².